The molecule has 5 nitrogen and oxygen atoms in total. The maximum absolute atomic E-state index is 12.2. The van der Waals surface area contributed by atoms with Gasteiger partial charge in [-0.05, 0) is 18.9 Å². The Balaban J connectivity index is 1.92. The molecule has 4 fully saturated rings. The molecule has 1 aliphatic carbocycles. The van der Waals surface area contributed by atoms with Crippen LogP contribution in [0.5, 0.6) is 0 Å². The third-order valence-corrected chi connectivity index (χ3v) is 6.19. The van der Waals surface area contributed by atoms with Crippen molar-refractivity contribution in [3.8, 4) is 0 Å². The van der Waals surface area contributed by atoms with Gasteiger partial charge in [0.2, 0.25) is 5.79 Å². The summed E-state index contributed by atoms with van der Waals surface area (Å²) in [7, 11) is 0. The molecule has 0 unspecified atom stereocenters. The van der Waals surface area contributed by atoms with E-state index in [1.807, 2.05) is 6.92 Å². The number of ketones is 1. The predicted molar refractivity (Wildman–Crippen MR) is 68.7 cm³/mol. The molecule has 110 valence electrons. The van der Waals surface area contributed by atoms with E-state index in [9.17, 15) is 15.0 Å². The van der Waals surface area contributed by atoms with Gasteiger partial charge in [-0.3, -0.25) is 4.79 Å². The predicted octanol–water partition coefficient (Wildman–Crippen LogP) is 0.539. The molecule has 6 atom stereocenters. The maximum Gasteiger partial charge on any atom is 0.205 e. The van der Waals surface area contributed by atoms with E-state index in [-0.39, 0.29) is 37.1 Å². The van der Waals surface area contributed by atoms with Crippen molar-refractivity contribution in [3.05, 3.63) is 12.2 Å². The number of aliphatic hydroxyl groups is 2. The summed E-state index contributed by atoms with van der Waals surface area (Å²) in [5.74, 6) is -1.59. The standard InChI is InChI=1S/C15H20O5/c1-8-6-19-15-7-12(3,17)14(20-15)5-11(16)9(2)10(14)4-13(8,15)18/h9-10,17-18H,1,4-7H2,2-3H3/t9-,10-,12+,13+,14+,15+/m0/s1. The zero-order chi connectivity index (χ0) is 14.6. The molecule has 0 amide bonds. The molecule has 3 saturated heterocycles. The summed E-state index contributed by atoms with van der Waals surface area (Å²) in [6, 6.07) is 0. The van der Waals surface area contributed by atoms with Crippen molar-refractivity contribution < 1.29 is 24.5 Å². The van der Waals surface area contributed by atoms with Gasteiger partial charge in [0.1, 0.15) is 17.0 Å². The zero-order valence-corrected chi connectivity index (χ0v) is 11.8. The first-order valence-corrected chi connectivity index (χ1v) is 7.17. The van der Waals surface area contributed by atoms with Crippen LogP contribution < -0.4 is 0 Å². The van der Waals surface area contributed by atoms with Crippen LogP contribution >= 0.6 is 0 Å². The Bertz CT molecular complexity index is 540. The van der Waals surface area contributed by atoms with Crippen molar-refractivity contribution in [2.24, 2.45) is 11.8 Å². The first-order valence-electron chi connectivity index (χ1n) is 7.17. The highest BCUT2D eigenvalue weighted by Gasteiger charge is 2.80. The van der Waals surface area contributed by atoms with Gasteiger partial charge in [-0.25, -0.2) is 0 Å². The molecule has 1 saturated carbocycles. The van der Waals surface area contributed by atoms with Crippen LogP contribution in [0.2, 0.25) is 0 Å². The van der Waals surface area contributed by atoms with Gasteiger partial charge in [-0.2, -0.15) is 0 Å². The van der Waals surface area contributed by atoms with Crippen molar-refractivity contribution in [3.63, 3.8) is 0 Å². The summed E-state index contributed by atoms with van der Waals surface area (Å²) in [4.78, 5) is 12.2. The van der Waals surface area contributed by atoms with Gasteiger partial charge in [0.25, 0.3) is 0 Å². The summed E-state index contributed by atoms with van der Waals surface area (Å²) >= 11 is 0. The topological polar surface area (TPSA) is 76.0 Å². The summed E-state index contributed by atoms with van der Waals surface area (Å²) < 4.78 is 11.9. The molecule has 0 radical (unpaired) electrons. The number of rotatable bonds is 0. The Morgan fingerprint density at radius 3 is 2.80 bits per heavy atom. The lowest BCUT2D eigenvalue weighted by Gasteiger charge is -2.49. The van der Waals surface area contributed by atoms with E-state index in [2.05, 4.69) is 6.58 Å². The molecule has 0 aromatic heterocycles. The summed E-state index contributed by atoms with van der Waals surface area (Å²) in [6.45, 7) is 7.68. The Labute approximate surface area is 117 Å². The smallest absolute Gasteiger partial charge is 0.205 e. The minimum atomic E-state index is -1.31. The quantitative estimate of drug-likeness (QED) is 0.633. The molecule has 3 heterocycles. The van der Waals surface area contributed by atoms with Gasteiger partial charge < -0.3 is 19.7 Å². The Kier molecular flexibility index (Phi) is 2.07. The second-order valence-electron chi connectivity index (χ2n) is 7.19. The van der Waals surface area contributed by atoms with E-state index in [1.165, 1.54) is 0 Å². The molecule has 2 N–H and O–H groups in total. The van der Waals surface area contributed by atoms with Crippen molar-refractivity contribution >= 4 is 5.78 Å². The second kappa shape index (κ2) is 3.19. The summed E-state index contributed by atoms with van der Waals surface area (Å²) in [5.41, 5.74) is -2.84. The molecule has 2 bridgehead atoms. The lowest BCUT2D eigenvalue weighted by Crippen LogP contribution is -2.61. The maximum atomic E-state index is 12.2. The fraction of sp³-hybridized carbons (Fsp3) is 0.800. The second-order valence-corrected chi connectivity index (χ2v) is 7.19. The van der Waals surface area contributed by atoms with Gasteiger partial charge in [0, 0.05) is 24.7 Å². The Morgan fingerprint density at radius 1 is 1.40 bits per heavy atom. The van der Waals surface area contributed by atoms with Crippen molar-refractivity contribution in [1.29, 1.82) is 0 Å². The van der Waals surface area contributed by atoms with Crippen LogP contribution in [0.25, 0.3) is 0 Å². The van der Waals surface area contributed by atoms with E-state index in [0.717, 1.165) is 0 Å². The van der Waals surface area contributed by atoms with Crippen LogP contribution in [0.3, 0.4) is 0 Å². The van der Waals surface area contributed by atoms with Crippen LogP contribution in [0, 0.1) is 11.8 Å². The molecule has 0 aromatic rings. The van der Waals surface area contributed by atoms with E-state index in [4.69, 9.17) is 9.47 Å². The van der Waals surface area contributed by atoms with Gasteiger partial charge in [-0.1, -0.05) is 13.5 Å². The molecule has 3 aliphatic heterocycles. The third-order valence-electron chi connectivity index (χ3n) is 6.19. The van der Waals surface area contributed by atoms with Gasteiger partial charge >= 0.3 is 0 Å². The molecule has 0 aromatic carbocycles. The first-order chi connectivity index (χ1) is 9.18. The molecule has 4 rings (SSSR count). The molecule has 4 aliphatic rings. The molecule has 20 heavy (non-hydrogen) atoms. The minimum absolute atomic E-state index is 0.0847. The number of carbonyl (C=O) groups is 1. The molecular weight excluding hydrogens is 260 g/mol. The SMILES string of the molecule is C=C1CO[C@@]23C[C@@](C)(O)[C@]4(CC(=O)[C@@H](C)[C@@H]4C[C@@]12O)O3. The number of ether oxygens (including phenoxy) is 2. The number of Topliss-reactive ketones (excluding diaryl/α,β-unsaturated/α-hetero) is 1. The van der Waals surface area contributed by atoms with E-state index < -0.39 is 22.6 Å². The fourth-order valence-electron chi connectivity index (χ4n) is 4.91. The average Bonchev–Trinajstić information content (AvgIpc) is 2.82. The number of hydrogen-bond acceptors (Lipinski definition) is 5. The highest BCUT2D eigenvalue weighted by molar-refractivity contribution is 5.85. The Hall–Kier alpha value is -0.750. The van der Waals surface area contributed by atoms with E-state index in [1.54, 1.807) is 6.92 Å². The molecular formula is C15H20O5. The van der Waals surface area contributed by atoms with Crippen LogP contribution in [0.1, 0.15) is 33.1 Å². The first kappa shape index (κ1) is 13.0. The number of carbonyl (C=O) groups excluding carboxylic acids is 1. The van der Waals surface area contributed by atoms with Crippen molar-refractivity contribution in [2.75, 3.05) is 6.61 Å². The lowest BCUT2D eigenvalue weighted by atomic mass is 9.71. The normalized spacial score (nSPS) is 60.8. The van der Waals surface area contributed by atoms with Gasteiger partial charge in [0.05, 0.1) is 12.2 Å². The lowest BCUT2D eigenvalue weighted by molar-refractivity contribution is -0.329. The minimum Gasteiger partial charge on any atom is -0.387 e. The average molecular weight is 280 g/mol. The van der Waals surface area contributed by atoms with E-state index in [0.29, 0.717) is 12.0 Å². The Morgan fingerprint density at radius 2 is 2.10 bits per heavy atom. The highest BCUT2D eigenvalue weighted by Crippen LogP contribution is 2.68. The van der Waals surface area contributed by atoms with Crippen molar-refractivity contribution in [2.45, 2.75) is 55.7 Å². The number of hydrogen-bond donors (Lipinski definition) is 2. The third kappa shape index (κ3) is 1.07. The van der Waals surface area contributed by atoms with Crippen LogP contribution in [-0.4, -0.2) is 45.2 Å². The van der Waals surface area contributed by atoms with E-state index >= 15 is 0 Å². The zero-order valence-electron chi connectivity index (χ0n) is 11.8. The summed E-state index contributed by atoms with van der Waals surface area (Å²) in [6.07, 6.45) is 0.737. The largest absolute Gasteiger partial charge is 0.387 e. The van der Waals surface area contributed by atoms with Crippen LogP contribution in [0.15, 0.2) is 12.2 Å². The van der Waals surface area contributed by atoms with Crippen LogP contribution in [0.4, 0.5) is 0 Å². The summed E-state index contributed by atoms with van der Waals surface area (Å²) in [5, 5.41) is 22.0. The van der Waals surface area contributed by atoms with Gasteiger partial charge in [0.15, 0.2) is 0 Å². The van der Waals surface area contributed by atoms with Crippen molar-refractivity contribution in [1.82, 2.24) is 0 Å². The molecule has 2 spiro atoms. The van der Waals surface area contributed by atoms with Gasteiger partial charge in [-0.15, -0.1) is 0 Å². The fourth-order valence-corrected chi connectivity index (χ4v) is 4.91. The monoisotopic (exact) mass is 280 g/mol. The molecule has 5 heteroatoms. The van der Waals surface area contributed by atoms with Crippen LogP contribution in [-0.2, 0) is 14.3 Å². The highest BCUT2D eigenvalue weighted by atomic mass is 16.7.